The maximum Gasteiger partial charge on any atom is 0.139 e. The van der Waals surface area contributed by atoms with Crippen LogP contribution < -0.4 is 5.32 Å². The minimum Gasteiger partial charge on any atom is -0.393 e. The predicted molar refractivity (Wildman–Crippen MR) is 215 cm³/mol. The molecule has 13 atom stereocenters. The number of aliphatic hydroxyl groups is 1. The normalized spacial score (nSPS) is 48.4. The van der Waals surface area contributed by atoms with E-state index in [1.807, 2.05) is 13.1 Å². The predicted octanol–water partition coefficient (Wildman–Crippen LogP) is 7.50. The second kappa shape index (κ2) is 15.2. The number of allylic oxidation sites excluding steroid dienone is 1. The first-order chi connectivity index (χ1) is 26.7. The van der Waals surface area contributed by atoms with E-state index in [2.05, 4.69) is 72.4 Å². The summed E-state index contributed by atoms with van der Waals surface area (Å²) in [5, 5.41) is 17.7. The molecule has 2 N–H and O–H groups in total. The first kappa shape index (κ1) is 37.8. The number of nitrogens with zero attached hydrogens (tertiary/aromatic N) is 3. The van der Waals surface area contributed by atoms with E-state index in [1.165, 1.54) is 16.7 Å². The van der Waals surface area contributed by atoms with E-state index in [9.17, 15) is 9.90 Å². The fourth-order valence-corrected chi connectivity index (χ4v) is 13.0. The molecule has 4 aliphatic heterocycles. The molecule has 10 nitrogen and oxygen atoms in total. The van der Waals surface area contributed by atoms with Gasteiger partial charge < -0.3 is 19.9 Å². The molecule has 0 aromatic carbocycles. The molecule has 54 heavy (non-hydrogen) atoms. The van der Waals surface area contributed by atoms with Crippen molar-refractivity contribution in [3.05, 3.63) is 57.0 Å². The van der Waals surface area contributed by atoms with Gasteiger partial charge in [0.25, 0.3) is 0 Å². The number of Topliss-reactive ketones (excluding diaryl/α,β-unsaturated/α-hetero) is 1. The van der Waals surface area contributed by atoms with Crippen molar-refractivity contribution < 1.29 is 31.5 Å². The zero-order chi connectivity index (χ0) is 40.3. The number of carbonyl (C=O) groups is 1. The third kappa shape index (κ3) is 6.18. The number of ketones is 1. The second-order valence-corrected chi connectivity index (χ2v) is 18.2. The zero-order valence-corrected chi connectivity index (χ0v) is 33.6. The summed E-state index contributed by atoms with van der Waals surface area (Å²) >= 11 is 6.22. The molecule has 0 aromatic heterocycles. The minimum atomic E-state index is -0.493. The van der Waals surface area contributed by atoms with Crippen LogP contribution in [0.5, 0.6) is 0 Å². The van der Waals surface area contributed by atoms with Crippen molar-refractivity contribution >= 4 is 43.6 Å². The van der Waals surface area contributed by atoms with Crippen LogP contribution >= 0.6 is 25.0 Å². The van der Waals surface area contributed by atoms with Crippen LogP contribution in [-0.4, -0.2) is 71.9 Å². The molecule has 4 spiro atoms. The summed E-state index contributed by atoms with van der Waals surface area (Å²) in [6.07, 6.45) is 21.9. The fourth-order valence-electron chi connectivity index (χ4n) is 13.0. The van der Waals surface area contributed by atoms with Crippen LogP contribution in [-0.2, 0) is 23.7 Å². The molecule has 4 bridgehead atoms. The SMILES string of the molecule is O=BS.O=BS.[3H][C@@H]1C=C2C=C3CC[C@@]4(C)[C@@H](CC[C@@H]4O)[C@@]34CC[C@]2(C[C@@H]1N=[N+]=[N-])O4.[3H][C@@H]1C=C2C=C3CC[C@]4(C)C(=O)CC[C@H]4[C@@]34CC[C@]2(C[C@@H]1CNC)O4. The minimum absolute atomic E-state index is 0.0546. The Morgan fingerprint density at radius 3 is 2.13 bits per heavy atom. The largest absolute Gasteiger partial charge is 0.393 e. The first-order valence-corrected chi connectivity index (χ1v) is 20.9. The van der Waals surface area contributed by atoms with E-state index in [4.69, 9.17) is 27.2 Å². The Morgan fingerprint density at radius 1 is 0.907 bits per heavy atom. The Morgan fingerprint density at radius 2 is 1.50 bits per heavy atom. The van der Waals surface area contributed by atoms with Gasteiger partial charge >= 0.3 is 47.2 Å². The van der Waals surface area contributed by atoms with Crippen molar-refractivity contribution in [3.63, 3.8) is 0 Å². The van der Waals surface area contributed by atoms with Crippen molar-refractivity contribution in [1.82, 2.24) is 5.32 Å². The van der Waals surface area contributed by atoms with Gasteiger partial charge in [-0.3, -0.25) is 4.79 Å². The Labute approximate surface area is 334 Å². The van der Waals surface area contributed by atoms with Crippen LogP contribution in [0.4, 0.5) is 0 Å². The van der Waals surface area contributed by atoms with E-state index >= 15 is 0 Å². The Kier molecular flexibility index (Phi) is 10.6. The van der Waals surface area contributed by atoms with Crippen LogP contribution in [0, 0.1) is 28.6 Å². The maximum atomic E-state index is 12.6. The van der Waals surface area contributed by atoms with E-state index in [-0.39, 0.29) is 46.2 Å². The van der Waals surface area contributed by atoms with Crippen molar-refractivity contribution in [2.75, 3.05) is 13.6 Å². The second-order valence-electron chi connectivity index (χ2n) is 17.7. The summed E-state index contributed by atoms with van der Waals surface area (Å²) in [6.45, 7) is 5.30. The van der Waals surface area contributed by atoms with Gasteiger partial charge in [-0.05, 0) is 155 Å². The van der Waals surface area contributed by atoms with E-state index < -0.39 is 12.0 Å². The van der Waals surface area contributed by atoms with E-state index in [1.54, 1.807) is 0 Å². The van der Waals surface area contributed by atoms with Crippen molar-refractivity contribution in [1.29, 1.82) is 0 Å². The molecule has 10 aliphatic rings. The zero-order valence-electron chi connectivity index (χ0n) is 33.8. The topological polar surface area (TPSA) is 151 Å². The summed E-state index contributed by atoms with van der Waals surface area (Å²) in [6, 6.07) is -0.358. The number of azide groups is 1. The van der Waals surface area contributed by atoms with Gasteiger partial charge in [0.15, 0.2) is 0 Å². The molecular formula is C40H56B2N4O6S2. The number of thiol groups is 2. The summed E-state index contributed by atoms with van der Waals surface area (Å²) in [5.74, 6) is 1.48. The Hall–Kier alpha value is -1.79. The van der Waals surface area contributed by atoms with Gasteiger partial charge in [-0.25, -0.2) is 0 Å². The van der Waals surface area contributed by atoms with Crippen LogP contribution in [0.1, 0.15) is 119 Å². The standard InChI is InChI=1S/C21H29NO2.C19H25N3O2.2BHOS/c1-19-8-7-16-11-15-4-3-14(13-22-2)12-20(15)9-10-21(16,24-20)17(19)5-6-18(19)23;1-17-7-6-13-10-12-2-3-14(21-22-20)11-18(12)8-9-19(13,24-18)15(17)4-5-16(17)23;2*2-1-3/h4,11,14,17,22H,3,5-10,12-13H2,1-2H3;2,10,14-16,23H,3-9,11H2,1H3;2*3H/t14-,17-,19+,20-,21-;14-,15-,16+,17+,18-,19-;;/m11../s1/i2*3T;;/t3-,14-,17-,19+,20-,21-;3-,14-,15-,16+,17+,18-,19-;;. The summed E-state index contributed by atoms with van der Waals surface area (Å²) in [4.78, 5) is 15.6. The monoisotopic (exact) mass is 778 g/mol. The van der Waals surface area contributed by atoms with Gasteiger partial charge in [0, 0.05) is 31.4 Å². The molecule has 0 unspecified atom stereocenters. The Balaban J connectivity index is 0.000000151. The fraction of sp³-hybridized carbons (Fsp3) is 0.775. The molecule has 4 heterocycles. The number of carbonyl (C=O) groups excluding carboxylic acids is 1. The molecule has 6 aliphatic carbocycles. The summed E-state index contributed by atoms with van der Waals surface area (Å²) < 4.78 is 48.1. The van der Waals surface area contributed by atoms with Crippen LogP contribution in [0.25, 0.3) is 10.4 Å². The third-order valence-electron chi connectivity index (χ3n) is 15.5. The van der Waals surface area contributed by atoms with Crippen molar-refractivity contribution in [3.8, 4) is 0 Å². The molecule has 4 saturated carbocycles. The van der Waals surface area contributed by atoms with Gasteiger partial charge in [0.1, 0.15) is 5.78 Å². The van der Waals surface area contributed by atoms with Gasteiger partial charge in [0.2, 0.25) is 0 Å². The molecule has 14 heteroatoms. The number of hydrogen-bond acceptors (Lipinski definition) is 8. The molecule has 2 saturated heterocycles. The molecule has 290 valence electrons. The molecule has 0 amide bonds. The van der Waals surface area contributed by atoms with Gasteiger partial charge in [-0.1, -0.05) is 43.3 Å². The number of ether oxygens (including phenoxy) is 2. The van der Waals surface area contributed by atoms with Crippen LogP contribution in [0.15, 0.2) is 51.7 Å². The average molecular weight is 779 g/mol. The van der Waals surface area contributed by atoms with Gasteiger partial charge in [0.05, 0.1) is 28.5 Å². The van der Waals surface area contributed by atoms with Crippen molar-refractivity contribution in [2.45, 2.75) is 151 Å². The molecule has 0 radical (unpaired) electrons. The number of fused-ring (bicyclic) bond motifs is 2. The number of aliphatic hydroxyl groups excluding tert-OH is 1. The summed E-state index contributed by atoms with van der Waals surface area (Å²) in [5.41, 5.74) is 12.7. The first-order valence-electron chi connectivity index (χ1n) is 21.0. The maximum absolute atomic E-state index is 12.6. The average Bonchev–Trinajstić information content (AvgIpc) is 3.86. The quantitative estimate of drug-likeness (QED) is 0.0762. The molecule has 6 fully saturated rings. The van der Waals surface area contributed by atoms with Crippen LogP contribution in [0.2, 0.25) is 0 Å². The van der Waals surface area contributed by atoms with Crippen molar-refractivity contribution in [2.24, 2.45) is 33.7 Å². The molecule has 0 aromatic rings. The number of nitrogens with one attached hydrogen (secondary N) is 1. The molecular weight excluding hydrogens is 718 g/mol. The van der Waals surface area contributed by atoms with E-state index in [0.29, 0.717) is 42.8 Å². The summed E-state index contributed by atoms with van der Waals surface area (Å²) in [7, 11) is 1.97. The van der Waals surface area contributed by atoms with Gasteiger partial charge in [-0.2, -0.15) is 0 Å². The Bertz CT molecular complexity index is 1810. The van der Waals surface area contributed by atoms with E-state index in [0.717, 1.165) is 95.6 Å². The van der Waals surface area contributed by atoms with Crippen LogP contribution in [0.3, 0.4) is 0 Å². The smallest absolute Gasteiger partial charge is 0.139 e. The third-order valence-corrected chi connectivity index (χ3v) is 15.5. The number of rotatable bonds is 3. The van der Waals surface area contributed by atoms with Gasteiger partial charge in [-0.15, -0.1) is 0 Å². The molecule has 10 rings (SSSR count). The number of hydrogen-bond donors (Lipinski definition) is 4.